The second-order valence-corrected chi connectivity index (χ2v) is 8.81. The second kappa shape index (κ2) is 7.29. The van der Waals surface area contributed by atoms with Crippen LogP contribution in [0, 0.1) is 11.8 Å². The number of pyridine rings is 1. The molecule has 3 aromatic rings. The molecule has 0 spiro atoms. The first-order valence-corrected chi connectivity index (χ1v) is 10.7. The molecule has 1 N–H and O–H groups in total. The Kier molecular flexibility index (Phi) is 4.61. The highest BCUT2D eigenvalue weighted by Gasteiger charge is 2.43. The van der Waals surface area contributed by atoms with E-state index in [0.29, 0.717) is 30.3 Å². The summed E-state index contributed by atoms with van der Waals surface area (Å²) in [5.41, 5.74) is 2.15. The molecule has 4 heterocycles. The number of likely N-dealkylation sites (tertiary alicyclic amines) is 1. The third-order valence-corrected chi connectivity index (χ3v) is 7.07. The van der Waals surface area contributed by atoms with Crippen molar-refractivity contribution in [3.8, 4) is 6.01 Å². The van der Waals surface area contributed by atoms with Gasteiger partial charge in [0.1, 0.15) is 10.7 Å². The first kappa shape index (κ1) is 18.4. The van der Waals surface area contributed by atoms with E-state index >= 15 is 0 Å². The number of methoxy groups -OCH3 is 1. The van der Waals surface area contributed by atoms with Gasteiger partial charge in [-0.1, -0.05) is 0 Å². The molecule has 2 aliphatic rings. The molecule has 0 bridgehead atoms. The van der Waals surface area contributed by atoms with Crippen LogP contribution in [0.5, 0.6) is 6.01 Å². The van der Waals surface area contributed by atoms with Crippen molar-refractivity contribution >= 4 is 34.2 Å². The third-order valence-electron chi connectivity index (χ3n) is 6.38. The number of rotatable bonds is 5. The third kappa shape index (κ3) is 3.33. The van der Waals surface area contributed by atoms with Gasteiger partial charge in [-0.25, -0.2) is 4.98 Å². The van der Waals surface area contributed by atoms with Crippen molar-refractivity contribution in [2.75, 3.05) is 32.1 Å². The maximum atomic E-state index is 12.7. The molecule has 1 saturated carbocycles. The summed E-state index contributed by atoms with van der Waals surface area (Å²) >= 11 is 1.24. The van der Waals surface area contributed by atoms with Crippen LogP contribution >= 0.6 is 11.5 Å². The van der Waals surface area contributed by atoms with Crippen molar-refractivity contribution in [2.45, 2.75) is 25.3 Å². The van der Waals surface area contributed by atoms with Gasteiger partial charge in [0.2, 0.25) is 5.91 Å². The summed E-state index contributed by atoms with van der Waals surface area (Å²) in [5.74, 6) is 1.28. The van der Waals surface area contributed by atoms with Gasteiger partial charge in [-0.05, 0) is 48.3 Å². The number of carbonyl (C=O) groups is 1. The Hall–Kier alpha value is -2.68. The highest BCUT2D eigenvalue weighted by molar-refractivity contribution is 7.05. The first-order valence-electron chi connectivity index (χ1n) is 9.91. The number of fused-ring (bicyclic) bond motifs is 2. The van der Waals surface area contributed by atoms with Crippen molar-refractivity contribution in [3.05, 3.63) is 29.5 Å². The molecule has 1 aliphatic carbocycles. The number of carbonyl (C=O) groups excluding carboxylic acids is 1. The number of nitrogens with one attached hydrogen (secondary N) is 1. The molecule has 3 atom stereocenters. The summed E-state index contributed by atoms with van der Waals surface area (Å²) < 4.78 is 9.08. The first-order chi connectivity index (χ1) is 14.1. The van der Waals surface area contributed by atoms with Crippen molar-refractivity contribution < 1.29 is 9.53 Å². The molecule has 152 valence electrons. The monoisotopic (exact) mass is 412 g/mol. The fourth-order valence-electron chi connectivity index (χ4n) is 4.87. The summed E-state index contributed by atoms with van der Waals surface area (Å²) in [7, 11) is 3.72. The lowest BCUT2D eigenvalue weighted by atomic mass is 10.0. The van der Waals surface area contributed by atoms with Crippen LogP contribution in [0.2, 0.25) is 0 Å². The van der Waals surface area contributed by atoms with E-state index < -0.39 is 0 Å². The molecule has 1 unspecified atom stereocenters. The number of aromatic nitrogens is 4. The Morgan fingerprint density at radius 3 is 2.86 bits per heavy atom. The molecule has 2 fully saturated rings. The van der Waals surface area contributed by atoms with E-state index in [2.05, 4.69) is 43.4 Å². The maximum absolute atomic E-state index is 12.7. The highest BCUT2D eigenvalue weighted by atomic mass is 32.1. The van der Waals surface area contributed by atoms with Gasteiger partial charge in [0, 0.05) is 49.6 Å². The molecule has 1 amide bonds. The minimum atomic E-state index is 0.145. The van der Waals surface area contributed by atoms with Crippen LogP contribution in [-0.4, -0.2) is 63.4 Å². The van der Waals surface area contributed by atoms with E-state index in [4.69, 9.17) is 4.74 Å². The summed E-state index contributed by atoms with van der Waals surface area (Å²) in [4.78, 5) is 28.9. The quantitative estimate of drug-likeness (QED) is 0.692. The van der Waals surface area contributed by atoms with Crippen LogP contribution in [0.1, 0.15) is 17.8 Å². The SMILES string of the molecule is COc1nsc(CC(=O)N2C[C@H]3CC(N(C)c4ccnc5[nH]ccc45)C[C@H]3C2)n1. The highest BCUT2D eigenvalue weighted by Crippen LogP contribution is 2.42. The van der Waals surface area contributed by atoms with Crippen molar-refractivity contribution in [1.82, 2.24) is 24.2 Å². The number of H-pyrrole nitrogens is 1. The molecule has 9 heteroatoms. The van der Waals surface area contributed by atoms with E-state index in [1.807, 2.05) is 17.3 Å². The average Bonchev–Trinajstić information content (AvgIpc) is 3.48. The summed E-state index contributed by atoms with van der Waals surface area (Å²) in [6.45, 7) is 1.69. The zero-order valence-electron chi connectivity index (χ0n) is 16.5. The minimum absolute atomic E-state index is 0.145. The van der Waals surface area contributed by atoms with Gasteiger partial charge in [0.05, 0.1) is 13.5 Å². The summed E-state index contributed by atoms with van der Waals surface area (Å²) in [6, 6.07) is 5.02. The van der Waals surface area contributed by atoms with Gasteiger partial charge in [0.15, 0.2) is 0 Å². The smallest absolute Gasteiger partial charge is 0.328 e. The van der Waals surface area contributed by atoms with E-state index in [1.54, 1.807) is 0 Å². The number of ether oxygens (including phenoxy) is 1. The van der Waals surface area contributed by atoms with Gasteiger partial charge in [0.25, 0.3) is 0 Å². The number of aromatic amines is 1. The molecular weight excluding hydrogens is 388 g/mol. The molecule has 1 aliphatic heterocycles. The molecular formula is C20H24N6O2S. The topological polar surface area (TPSA) is 87.2 Å². The summed E-state index contributed by atoms with van der Waals surface area (Å²) in [6.07, 6.45) is 6.35. The Balaban J connectivity index is 1.21. The van der Waals surface area contributed by atoms with Crippen LogP contribution in [0.15, 0.2) is 24.5 Å². The van der Waals surface area contributed by atoms with E-state index in [-0.39, 0.29) is 5.91 Å². The molecule has 0 radical (unpaired) electrons. The van der Waals surface area contributed by atoms with Crippen LogP contribution in [-0.2, 0) is 11.2 Å². The number of hydrogen-bond acceptors (Lipinski definition) is 7. The standard InChI is InChI=1S/C20H24N6O2S/c1-25(16-4-6-22-19-15(16)3-5-21-19)14-7-12-10-26(11-13(12)8-14)18(27)9-17-23-20(28-2)24-29-17/h3-6,12-14H,7-11H2,1-2H3,(H,21,22)/t12-,13+,14?. The van der Waals surface area contributed by atoms with Gasteiger partial charge < -0.3 is 19.5 Å². The van der Waals surface area contributed by atoms with Crippen LogP contribution in [0.25, 0.3) is 11.0 Å². The van der Waals surface area contributed by atoms with E-state index in [9.17, 15) is 4.79 Å². The Morgan fingerprint density at radius 1 is 1.34 bits per heavy atom. The molecule has 3 aromatic heterocycles. The van der Waals surface area contributed by atoms with Crippen molar-refractivity contribution in [2.24, 2.45) is 11.8 Å². The number of amides is 1. The fourth-order valence-corrected chi connectivity index (χ4v) is 5.48. The van der Waals surface area contributed by atoms with Gasteiger partial charge in [-0.2, -0.15) is 4.98 Å². The predicted molar refractivity (Wildman–Crippen MR) is 111 cm³/mol. The molecule has 5 rings (SSSR count). The number of anilines is 1. The van der Waals surface area contributed by atoms with E-state index in [0.717, 1.165) is 42.0 Å². The van der Waals surface area contributed by atoms with E-state index in [1.165, 1.54) is 24.3 Å². The zero-order chi connectivity index (χ0) is 20.0. The molecule has 1 saturated heterocycles. The Bertz CT molecular complexity index is 1020. The van der Waals surface area contributed by atoms with Crippen LogP contribution < -0.4 is 9.64 Å². The lowest BCUT2D eigenvalue weighted by Gasteiger charge is -2.29. The van der Waals surface area contributed by atoms with Gasteiger partial charge >= 0.3 is 6.01 Å². The Morgan fingerprint density at radius 2 is 2.14 bits per heavy atom. The van der Waals surface area contributed by atoms with Crippen LogP contribution in [0.4, 0.5) is 5.69 Å². The van der Waals surface area contributed by atoms with Crippen LogP contribution in [0.3, 0.4) is 0 Å². The normalized spacial score (nSPS) is 23.5. The zero-order valence-corrected chi connectivity index (χ0v) is 17.4. The maximum Gasteiger partial charge on any atom is 0.328 e. The molecule has 8 nitrogen and oxygen atoms in total. The summed E-state index contributed by atoms with van der Waals surface area (Å²) in [5, 5.41) is 1.88. The Labute approximate surface area is 173 Å². The van der Waals surface area contributed by atoms with Gasteiger partial charge in [-0.15, -0.1) is 4.37 Å². The lowest BCUT2D eigenvalue weighted by molar-refractivity contribution is -0.129. The lowest BCUT2D eigenvalue weighted by Crippen LogP contribution is -2.34. The number of nitrogens with zero attached hydrogens (tertiary/aromatic N) is 5. The second-order valence-electron chi connectivity index (χ2n) is 7.98. The molecule has 0 aromatic carbocycles. The molecule has 29 heavy (non-hydrogen) atoms. The van der Waals surface area contributed by atoms with Crippen molar-refractivity contribution in [3.63, 3.8) is 0 Å². The van der Waals surface area contributed by atoms with Crippen molar-refractivity contribution in [1.29, 1.82) is 0 Å². The van der Waals surface area contributed by atoms with Gasteiger partial charge in [-0.3, -0.25) is 4.79 Å². The average molecular weight is 413 g/mol. The number of hydrogen-bond donors (Lipinski definition) is 1. The minimum Gasteiger partial charge on any atom is -0.466 e. The largest absolute Gasteiger partial charge is 0.466 e. The fraction of sp³-hybridized carbons (Fsp3) is 0.500. The predicted octanol–water partition coefficient (Wildman–Crippen LogP) is 2.34.